The molecule has 0 radical (unpaired) electrons. The number of nitrogens with zero attached hydrogens (tertiary/aromatic N) is 1. The highest BCUT2D eigenvalue weighted by Gasteiger charge is 2.23. The number of hydrogen-bond donors (Lipinski definition) is 1. The summed E-state index contributed by atoms with van der Waals surface area (Å²) in [6, 6.07) is 9.56. The second-order valence-electron chi connectivity index (χ2n) is 4.79. The number of ether oxygens (including phenoxy) is 1. The number of rotatable bonds is 2. The maximum atomic E-state index is 12.3. The lowest BCUT2D eigenvalue weighted by Gasteiger charge is -2.22. The molecule has 4 nitrogen and oxygen atoms in total. The molecule has 98 valence electrons. The summed E-state index contributed by atoms with van der Waals surface area (Å²) in [4.78, 5) is 16.8. The predicted octanol–water partition coefficient (Wildman–Crippen LogP) is 1.71. The van der Waals surface area contributed by atoms with E-state index in [9.17, 15) is 4.79 Å². The third-order valence-electron chi connectivity index (χ3n) is 3.33. The van der Waals surface area contributed by atoms with Gasteiger partial charge in [-0.15, -0.1) is 0 Å². The largest absolute Gasteiger partial charge is 0.367 e. The van der Waals surface area contributed by atoms with Crippen LogP contribution in [0.25, 0.3) is 10.9 Å². The van der Waals surface area contributed by atoms with E-state index in [0.717, 1.165) is 23.1 Å². The maximum Gasteiger partial charge on any atom is 0.192 e. The van der Waals surface area contributed by atoms with E-state index in [1.54, 1.807) is 0 Å². The molecular weight excluding hydrogens is 240 g/mol. The zero-order valence-corrected chi connectivity index (χ0v) is 10.8. The summed E-state index contributed by atoms with van der Waals surface area (Å²) < 4.78 is 5.50. The first-order valence-electron chi connectivity index (χ1n) is 6.48. The maximum absolute atomic E-state index is 12.3. The summed E-state index contributed by atoms with van der Waals surface area (Å²) in [5.41, 5.74) is 2.58. The third kappa shape index (κ3) is 2.50. The number of fused-ring (bicyclic) bond motifs is 1. The van der Waals surface area contributed by atoms with Crippen LogP contribution in [0.4, 0.5) is 0 Å². The zero-order chi connectivity index (χ0) is 13.2. The molecule has 0 spiro atoms. The Morgan fingerprint density at radius 3 is 3.05 bits per heavy atom. The van der Waals surface area contributed by atoms with Crippen molar-refractivity contribution in [1.82, 2.24) is 10.3 Å². The predicted molar refractivity (Wildman–Crippen MR) is 73.4 cm³/mol. The number of aromatic nitrogens is 1. The lowest BCUT2D eigenvalue weighted by molar-refractivity contribution is 0.0269. The molecule has 3 rings (SSSR count). The van der Waals surface area contributed by atoms with Crippen molar-refractivity contribution in [3.05, 3.63) is 41.6 Å². The van der Waals surface area contributed by atoms with Crippen LogP contribution in [0.15, 0.2) is 30.3 Å². The van der Waals surface area contributed by atoms with Gasteiger partial charge in [-0.05, 0) is 31.2 Å². The molecule has 1 unspecified atom stereocenters. The molecule has 1 aromatic carbocycles. The summed E-state index contributed by atoms with van der Waals surface area (Å²) in [5, 5.41) is 4.16. The van der Waals surface area contributed by atoms with Gasteiger partial charge in [-0.2, -0.15) is 0 Å². The highest BCUT2D eigenvalue weighted by Crippen LogP contribution is 2.17. The van der Waals surface area contributed by atoms with E-state index >= 15 is 0 Å². The molecule has 1 atom stereocenters. The molecule has 1 saturated heterocycles. The molecule has 1 aliphatic rings. The van der Waals surface area contributed by atoms with E-state index in [1.807, 2.05) is 37.3 Å². The fraction of sp³-hybridized carbons (Fsp3) is 0.333. The van der Waals surface area contributed by atoms with Crippen LogP contribution in [0.5, 0.6) is 0 Å². The lowest BCUT2D eigenvalue weighted by Crippen LogP contribution is -2.43. The third-order valence-corrected chi connectivity index (χ3v) is 3.33. The van der Waals surface area contributed by atoms with Crippen molar-refractivity contribution in [2.45, 2.75) is 13.0 Å². The van der Waals surface area contributed by atoms with Crippen molar-refractivity contribution in [1.29, 1.82) is 0 Å². The highest BCUT2D eigenvalue weighted by atomic mass is 16.5. The number of benzene rings is 1. The van der Waals surface area contributed by atoms with Gasteiger partial charge < -0.3 is 10.1 Å². The van der Waals surface area contributed by atoms with E-state index in [4.69, 9.17) is 4.74 Å². The Morgan fingerprint density at radius 2 is 2.26 bits per heavy atom. The van der Waals surface area contributed by atoms with Gasteiger partial charge in [-0.1, -0.05) is 6.07 Å². The van der Waals surface area contributed by atoms with Crippen molar-refractivity contribution >= 4 is 16.7 Å². The quantitative estimate of drug-likeness (QED) is 0.831. The number of nitrogens with one attached hydrogen (secondary N) is 1. The van der Waals surface area contributed by atoms with E-state index < -0.39 is 0 Å². The monoisotopic (exact) mass is 256 g/mol. The van der Waals surface area contributed by atoms with Crippen molar-refractivity contribution in [3.63, 3.8) is 0 Å². The van der Waals surface area contributed by atoms with Crippen LogP contribution in [-0.4, -0.2) is 36.6 Å². The van der Waals surface area contributed by atoms with Gasteiger partial charge >= 0.3 is 0 Å². The number of carbonyl (C=O) groups is 1. The summed E-state index contributed by atoms with van der Waals surface area (Å²) >= 11 is 0. The van der Waals surface area contributed by atoms with Crippen LogP contribution in [0, 0.1) is 6.92 Å². The lowest BCUT2D eigenvalue weighted by atomic mass is 10.0. The van der Waals surface area contributed by atoms with Gasteiger partial charge in [0.1, 0.15) is 6.10 Å². The van der Waals surface area contributed by atoms with Gasteiger partial charge in [0.25, 0.3) is 0 Å². The summed E-state index contributed by atoms with van der Waals surface area (Å²) in [6.45, 7) is 3.94. The number of morpholine rings is 1. The van der Waals surface area contributed by atoms with Gasteiger partial charge in [0.15, 0.2) is 5.78 Å². The topological polar surface area (TPSA) is 51.2 Å². The summed E-state index contributed by atoms with van der Waals surface area (Å²) in [5.74, 6) is 0.0367. The Bertz CT molecular complexity index is 619. The average molecular weight is 256 g/mol. The minimum atomic E-state index is -0.371. The molecule has 2 aromatic rings. The highest BCUT2D eigenvalue weighted by molar-refractivity contribution is 6.02. The minimum absolute atomic E-state index is 0.0367. The second kappa shape index (κ2) is 5.07. The molecule has 0 saturated carbocycles. The number of aryl methyl sites for hydroxylation is 1. The van der Waals surface area contributed by atoms with Crippen molar-refractivity contribution in [3.8, 4) is 0 Å². The zero-order valence-electron chi connectivity index (χ0n) is 10.8. The molecular formula is C15H16N2O2. The first-order valence-corrected chi connectivity index (χ1v) is 6.48. The second-order valence-corrected chi connectivity index (χ2v) is 4.79. The van der Waals surface area contributed by atoms with Crippen LogP contribution in [-0.2, 0) is 4.74 Å². The Kier molecular flexibility index (Phi) is 3.27. The van der Waals surface area contributed by atoms with E-state index in [1.165, 1.54) is 0 Å². The molecule has 0 aliphatic carbocycles. The molecule has 1 fully saturated rings. The van der Waals surface area contributed by atoms with Gasteiger partial charge in [0.2, 0.25) is 0 Å². The molecule has 19 heavy (non-hydrogen) atoms. The van der Waals surface area contributed by atoms with Gasteiger partial charge in [0.05, 0.1) is 12.1 Å². The van der Waals surface area contributed by atoms with Crippen molar-refractivity contribution in [2.75, 3.05) is 19.7 Å². The van der Waals surface area contributed by atoms with Crippen LogP contribution in [0.1, 0.15) is 16.1 Å². The van der Waals surface area contributed by atoms with Crippen molar-refractivity contribution < 1.29 is 9.53 Å². The normalized spacial score (nSPS) is 19.5. The first-order chi connectivity index (χ1) is 9.24. The fourth-order valence-electron chi connectivity index (χ4n) is 2.30. The molecule has 2 heterocycles. The van der Waals surface area contributed by atoms with Gasteiger partial charge in [0, 0.05) is 29.7 Å². The Labute approximate surface area is 111 Å². The first kappa shape index (κ1) is 12.3. The molecule has 0 amide bonds. The number of pyridine rings is 1. The summed E-state index contributed by atoms with van der Waals surface area (Å²) in [7, 11) is 0. The van der Waals surface area contributed by atoms with Gasteiger partial charge in [-0.25, -0.2) is 0 Å². The number of Topliss-reactive ketones (excluding diaryl/α,β-unsaturated/α-hetero) is 1. The molecule has 4 heteroatoms. The Morgan fingerprint density at radius 1 is 1.37 bits per heavy atom. The van der Waals surface area contributed by atoms with Crippen LogP contribution in [0.3, 0.4) is 0 Å². The molecule has 1 N–H and O–H groups in total. The number of ketones is 1. The minimum Gasteiger partial charge on any atom is -0.367 e. The van der Waals surface area contributed by atoms with Crippen LogP contribution >= 0.6 is 0 Å². The van der Waals surface area contributed by atoms with E-state index in [2.05, 4.69) is 10.3 Å². The summed E-state index contributed by atoms with van der Waals surface area (Å²) in [6.07, 6.45) is -0.371. The van der Waals surface area contributed by atoms with Crippen LogP contribution in [0.2, 0.25) is 0 Å². The average Bonchev–Trinajstić information content (AvgIpc) is 2.47. The Balaban J connectivity index is 1.92. The van der Waals surface area contributed by atoms with Crippen molar-refractivity contribution in [2.24, 2.45) is 0 Å². The molecule has 1 aliphatic heterocycles. The molecule has 0 bridgehead atoms. The number of carbonyl (C=O) groups excluding carboxylic acids is 1. The standard InChI is InChI=1S/C15H16N2O2/c1-10-2-3-11-8-12(4-5-13(11)17-10)15(18)14-9-16-6-7-19-14/h2-5,8,14,16H,6-7,9H2,1H3. The smallest absolute Gasteiger partial charge is 0.192 e. The number of hydrogen-bond acceptors (Lipinski definition) is 4. The van der Waals surface area contributed by atoms with Gasteiger partial charge in [-0.3, -0.25) is 9.78 Å². The fourth-order valence-corrected chi connectivity index (χ4v) is 2.30. The van der Waals surface area contributed by atoms with Crippen LogP contribution < -0.4 is 5.32 Å². The van der Waals surface area contributed by atoms with E-state index in [0.29, 0.717) is 18.7 Å². The molecule has 1 aromatic heterocycles. The Hall–Kier alpha value is -1.78. The SMILES string of the molecule is Cc1ccc2cc(C(=O)C3CNCCO3)ccc2n1. The van der Waals surface area contributed by atoms with E-state index in [-0.39, 0.29) is 11.9 Å².